The van der Waals surface area contributed by atoms with E-state index >= 15 is 0 Å². The summed E-state index contributed by atoms with van der Waals surface area (Å²) in [5, 5.41) is 0. The van der Waals surface area contributed by atoms with E-state index in [4.69, 9.17) is 9.47 Å². The molecule has 1 heterocycles. The Hall–Kier alpha value is -2.03. The first-order chi connectivity index (χ1) is 9.58. The minimum Gasteiger partial charge on any atom is -0.497 e. The molecule has 0 bridgehead atoms. The summed E-state index contributed by atoms with van der Waals surface area (Å²) in [6.45, 7) is 5.89. The Morgan fingerprint density at radius 1 is 1.25 bits per heavy atom. The molecule has 2 aromatic rings. The molecule has 0 saturated heterocycles. The zero-order chi connectivity index (χ0) is 14.3. The molecule has 0 fully saturated rings. The first-order valence-electron chi connectivity index (χ1n) is 6.55. The highest BCUT2D eigenvalue weighted by Crippen LogP contribution is 2.41. The fraction of sp³-hybridized carbons (Fsp3) is 0.235. The summed E-state index contributed by atoms with van der Waals surface area (Å²) >= 11 is 0. The number of rotatable bonds is 2. The van der Waals surface area contributed by atoms with Crippen molar-refractivity contribution in [2.24, 2.45) is 0 Å². The summed E-state index contributed by atoms with van der Waals surface area (Å²) in [7, 11) is 1.62. The van der Waals surface area contributed by atoms with Crippen LogP contribution in [0.1, 0.15) is 11.1 Å². The predicted octanol–water partition coefficient (Wildman–Crippen LogP) is 3.95. The molecule has 0 aromatic heterocycles. The van der Waals surface area contributed by atoms with Crippen LogP contribution in [-0.2, 0) is 6.42 Å². The van der Waals surface area contributed by atoms with Crippen molar-refractivity contribution >= 4 is 0 Å². The molecule has 103 valence electrons. The van der Waals surface area contributed by atoms with Crippen molar-refractivity contribution in [3.63, 3.8) is 0 Å². The van der Waals surface area contributed by atoms with Crippen LogP contribution in [0.5, 0.6) is 11.5 Å². The van der Waals surface area contributed by atoms with Gasteiger partial charge in [0, 0.05) is 17.5 Å². The van der Waals surface area contributed by atoms with E-state index in [-0.39, 0.29) is 11.9 Å². The summed E-state index contributed by atoms with van der Waals surface area (Å²) in [6, 6.07) is 8.80. The van der Waals surface area contributed by atoms with Crippen LogP contribution in [0.2, 0.25) is 0 Å². The van der Waals surface area contributed by atoms with Crippen molar-refractivity contribution in [3.05, 3.63) is 54.2 Å². The van der Waals surface area contributed by atoms with E-state index in [0.717, 1.165) is 33.8 Å². The Morgan fingerprint density at radius 2 is 2.05 bits per heavy atom. The molecule has 0 spiro atoms. The number of methoxy groups -OCH3 is 1. The van der Waals surface area contributed by atoms with Crippen LogP contribution in [0.25, 0.3) is 11.1 Å². The van der Waals surface area contributed by atoms with Crippen LogP contribution in [0, 0.1) is 19.7 Å². The van der Waals surface area contributed by atoms with Gasteiger partial charge in [-0.1, -0.05) is 6.07 Å². The van der Waals surface area contributed by atoms with Gasteiger partial charge in [0.1, 0.15) is 23.4 Å². The third kappa shape index (κ3) is 2.13. The number of benzene rings is 2. The van der Waals surface area contributed by atoms with Crippen LogP contribution in [0.15, 0.2) is 30.3 Å². The van der Waals surface area contributed by atoms with E-state index in [9.17, 15) is 4.39 Å². The second-order valence-electron chi connectivity index (χ2n) is 5.07. The molecule has 2 nitrogen and oxygen atoms in total. The molecule has 1 unspecified atom stereocenters. The molecule has 0 saturated carbocycles. The van der Waals surface area contributed by atoms with E-state index in [0.29, 0.717) is 6.42 Å². The molecule has 2 aromatic carbocycles. The topological polar surface area (TPSA) is 18.5 Å². The molecule has 0 amide bonds. The average Bonchev–Trinajstić information content (AvgIpc) is 2.78. The van der Waals surface area contributed by atoms with Crippen molar-refractivity contribution in [3.8, 4) is 22.6 Å². The quantitative estimate of drug-likeness (QED) is 0.823. The van der Waals surface area contributed by atoms with Crippen LogP contribution in [0.4, 0.5) is 4.39 Å². The van der Waals surface area contributed by atoms with Crippen LogP contribution in [-0.4, -0.2) is 13.2 Å². The monoisotopic (exact) mass is 271 g/mol. The van der Waals surface area contributed by atoms with Gasteiger partial charge < -0.3 is 9.47 Å². The molecule has 3 heteroatoms. The van der Waals surface area contributed by atoms with Gasteiger partial charge >= 0.3 is 0 Å². The van der Waals surface area contributed by atoms with E-state index < -0.39 is 0 Å². The summed E-state index contributed by atoms with van der Waals surface area (Å²) < 4.78 is 24.9. The predicted molar refractivity (Wildman–Crippen MR) is 76.6 cm³/mol. The normalized spacial score (nSPS) is 16.7. The lowest BCUT2D eigenvalue weighted by Gasteiger charge is -2.13. The van der Waals surface area contributed by atoms with E-state index in [2.05, 4.69) is 6.92 Å². The SMILES string of the molecule is [CH2]C1Cc2cc(F)cc(-c3cc(OC)ccc3C)c2O1. The molecular weight excluding hydrogens is 255 g/mol. The van der Waals surface area contributed by atoms with Gasteiger partial charge in [0.2, 0.25) is 0 Å². The van der Waals surface area contributed by atoms with Gasteiger partial charge in [-0.05, 0) is 49.2 Å². The van der Waals surface area contributed by atoms with Gasteiger partial charge in [0.15, 0.2) is 0 Å². The van der Waals surface area contributed by atoms with Gasteiger partial charge in [-0.2, -0.15) is 0 Å². The largest absolute Gasteiger partial charge is 0.497 e. The van der Waals surface area contributed by atoms with Gasteiger partial charge in [-0.3, -0.25) is 0 Å². The maximum atomic E-state index is 13.8. The van der Waals surface area contributed by atoms with Crippen LogP contribution in [0.3, 0.4) is 0 Å². The van der Waals surface area contributed by atoms with E-state index in [1.807, 2.05) is 25.1 Å². The van der Waals surface area contributed by atoms with Crippen molar-refractivity contribution in [1.82, 2.24) is 0 Å². The lowest BCUT2D eigenvalue weighted by atomic mass is 9.96. The number of hydrogen-bond acceptors (Lipinski definition) is 2. The Bertz CT molecular complexity index is 664. The van der Waals surface area contributed by atoms with Crippen LogP contribution < -0.4 is 9.47 Å². The van der Waals surface area contributed by atoms with Crippen molar-refractivity contribution in [2.45, 2.75) is 19.4 Å². The first-order valence-corrected chi connectivity index (χ1v) is 6.55. The Labute approximate surface area is 118 Å². The zero-order valence-electron chi connectivity index (χ0n) is 11.6. The third-order valence-electron chi connectivity index (χ3n) is 3.60. The van der Waals surface area contributed by atoms with Gasteiger partial charge in [0.25, 0.3) is 0 Å². The first kappa shape index (κ1) is 13.0. The maximum absolute atomic E-state index is 13.8. The van der Waals surface area contributed by atoms with E-state index in [1.54, 1.807) is 7.11 Å². The number of hydrogen-bond donors (Lipinski definition) is 0. The summed E-state index contributed by atoms with van der Waals surface area (Å²) in [6.07, 6.45) is 0.486. The highest BCUT2D eigenvalue weighted by Gasteiger charge is 2.24. The molecule has 20 heavy (non-hydrogen) atoms. The molecule has 1 aliphatic rings. The molecule has 1 aliphatic heterocycles. The summed E-state index contributed by atoms with van der Waals surface area (Å²) in [5.41, 5.74) is 3.62. The van der Waals surface area contributed by atoms with Gasteiger partial charge in [-0.15, -0.1) is 0 Å². The standard InChI is InChI=1S/C17H16FO2/c1-10-4-5-14(19-3)9-15(10)16-8-13(18)7-12-6-11(2)20-17(12)16/h4-5,7-9,11H,2,6H2,1,3H3. The second kappa shape index (κ2) is 4.82. The lowest BCUT2D eigenvalue weighted by molar-refractivity contribution is 0.282. The van der Waals surface area contributed by atoms with Crippen LogP contribution >= 0.6 is 0 Å². The second-order valence-corrected chi connectivity index (χ2v) is 5.07. The van der Waals surface area contributed by atoms with Crippen molar-refractivity contribution < 1.29 is 13.9 Å². The molecule has 3 rings (SSSR count). The van der Waals surface area contributed by atoms with E-state index in [1.165, 1.54) is 12.1 Å². The van der Waals surface area contributed by atoms with Crippen molar-refractivity contribution in [1.29, 1.82) is 0 Å². The van der Waals surface area contributed by atoms with Gasteiger partial charge in [0.05, 0.1) is 7.11 Å². The highest BCUT2D eigenvalue weighted by atomic mass is 19.1. The number of aryl methyl sites for hydroxylation is 1. The molecular formula is C17H16FO2. The maximum Gasteiger partial charge on any atom is 0.131 e. The fourth-order valence-electron chi connectivity index (χ4n) is 2.61. The molecule has 1 radical (unpaired) electrons. The number of ether oxygens (including phenoxy) is 2. The number of halogens is 1. The highest BCUT2D eigenvalue weighted by molar-refractivity contribution is 5.76. The molecule has 0 N–H and O–H groups in total. The number of fused-ring (bicyclic) bond motifs is 1. The average molecular weight is 271 g/mol. The minimum absolute atomic E-state index is 0.156. The lowest BCUT2D eigenvalue weighted by Crippen LogP contribution is -2.06. The third-order valence-corrected chi connectivity index (χ3v) is 3.60. The zero-order valence-corrected chi connectivity index (χ0v) is 11.6. The Balaban J connectivity index is 2.21. The Morgan fingerprint density at radius 3 is 2.80 bits per heavy atom. The summed E-state index contributed by atoms with van der Waals surface area (Å²) in [4.78, 5) is 0. The fourth-order valence-corrected chi connectivity index (χ4v) is 2.61. The smallest absolute Gasteiger partial charge is 0.131 e. The Kier molecular flexibility index (Phi) is 3.13. The molecule has 0 aliphatic carbocycles. The minimum atomic E-state index is -0.251. The van der Waals surface area contributed by atoms with Crippen molar-refractivity contribution in [2.75, 3.05) is 7.11 Å². The molecule has 1 atom stereocenters. The summed E-state index contributed by atoms with van der Waals surface area (Å²) in [5.74, 6) is 1.23. The van der Waals surface area contributed by atoms with Gasteiger partial charge in [-0.25, -0.2) is 4.39 Å².